The Hall–Kier alpha value is -3.10. The van der Waals surface area contributed by atoms with Crippen molar-refractivity contribution < 1.29 is 48.0 Å². The summed E-state index contributed by atoms with van der Waals surface area (Å²) in [5, 5.41) is 12.5. The summed E-state index contributed by atoms with van der Waals surface area (Å²) in [5.74, 6) is -2.00. The lowest BCUT2D eigenvalue weighted by Crippen LogP contribution is -2.53. The number of hydrogen-bond donors (Lipinski definition) is 1. The number of hydrogen-bond acceptors (Lipinski definition) is 11. The number of epoxide rings is 1. The van der Waals surface area contributed by atoms with Gasteiger partial charge in [0.15, 0.2) is 0 Å². The molecule has 1 aromatic carbocycles. The first kappa shape index (κ1) is 45.6. The lowest BCUT2D eigenvalue weighted by Gasteiger charge is -2.41. The number of aliphatic hydroxyl groups is 1. The van der Waals surface area contributed by atoms with E-state index in [1.165, 1.54) is 24.0 Å². The fraction of sp³-hybridized carbons (Fsp3) is 0.667. The Kier molecular flexibility index (Phi) is 14.8. The number of benzene rings is 1. The molecule has 12 nitrogen and oxygen atoms in total. The van der Waals surface area contributed by atoms with Gasteiger partial charge in [-0.3, -0.25) is 14.4 Å². The van der Waals surface area contributed by atoms with Crippen molar-refractivity contribution in [2.45, 2.75) is 146 Å². The van der Waals surface area contributed by atoms with Crippen molar-refractivity contribution in [1.29, 1.82) is 0 Å². The fourth-order valence-electron chi connectivity index (χ4n) is 7.75. The van der Waals surface area contributed by atoms with Crippen LogP contribution >= 0.6 is 23.4 Å². The molecule has 0 aromatic heterocycles. The van der Waals surface area contributed by atoms with Crippen LogP contribution in [0.5, 0.6) is 5.75 Å². The van der Waals surface area contributed by atoms with Gasteiger partial charge < -0.3 is 38.6 Å². The molecule has 8 atom stereocenters. The third-order valence-electron chi connectivity index (χ3n) is 11.3. The highest BCUT2D eigenvalue weighted by atomic mass is 35.5. The Labute approximate surface area is 341 Å². The molecular formula is C42H61ClN2O10S. The number of carbonyl (C=O) groups is 4. The third kappa shape index (κ3) is 10.7. The van der Waals surface area contributed by atoms with Crippen LogP contribution in [-0.2, 0) is 44.5 Å². The van der Waals surface area contributed by atoms with Gasteiger partial charge in [0, 0.05) is 44.7 Å². The van der Waals surface area contributed by atoms with Gasteiger partial charge in [-0.15, -0.1) is 0 Å². The maximum absolute atomic E-state index is 14.2. The Morgan fingerprint density at radius 3 is 2.50 bits per heavy atom. The number of amides is 2. The SMILES string of the molecule is COc1cc2cc(c1Cl)N(C)C(=O)C[C@H](OC(=O)[C@H](C)N(C)C(=O)CCC(C)(C)SC(C)C)[C@]1(C)O[C@H]1[C@H](C)[C@@H]1C[C@@](O)(CC(=O)O1)[C@H](OC)/C=C/C=C(\C)C2. The summed E-state index contributed by atoms with van der Waals surface area (Å²) in [4.78, 5) is 57.3. The number of ether oxygens (including phenoxy) is 5. The Bertz CT molecular complexity index is 1700. The number of likely N-dealkylation sites (N-methyl/N-ethyl adjacent to an activating group) is 1. The largest absolute Gasteiger partial charge is 0.495 e. The normalized spacial score (nSPS) is 30.7. The maximum Gasteiger partial charge on any atom is 0.328 e. The zero-order valence-electron chi connectivity index (χ0n) is 35.0. The van der Waals surface area contributed by atoms with Crippen LogP contribution in [0.3, 0.4) is 0 Å². The number of methoxy groups -OCH3 is 2. The highest BCUT2D eigenvalue weighted by Gasteiger charge is 2.64. The molecule has 2 saturated heterocycles. The molecule has 2 fully saturated rings. The van der Waals surface area contributed by atoms with Crippen LogP contribution in [0.2, 0.25) is 5.02 Å². The maximum atomic E-state index is 14.2. The van der Waals surface area contributed by atoms with Crippen molar-refractivity contribution in [2.24, 2.45) is 5.92 Å². The molecule has 56 heavy (non-hydrogen) atoms. The Balaban J connectivity index is 1.70. The molecule has 14 heteroatoms. The van der Waals surface area contributed by atoms with Crippen molar-refractivity contribution in [3.8, 4) is 5.75 Å². The summed E-state index contributed by atoms with van der Waals surface area (Å²) in [6.45, 7) is 15.6. The number of fused-ring (bicyclic) bond motifs is 5. The summed E-state index contributed by atoms with van der Waals surface area (Å²) in [6, 6.07) is 2.66. The summed E-state index contributed by atoms with van der Waals surface area (Å²) in [7, 11) is 6.14. The molecule has 0 aliphatic carbocycles. The van der Waals surface area contributed by atoms with Gasteiger partial charge in [0.1, 0.15) is 46.3 Å². The van der Waals surface area contributed by atoms with E-state index in [0.717, 1.165) is 11.1 Å². The molecule has 3 heterocycles. The summed E-state index contributed by atoms with van der Waals surface area (Å²) in [5.41, 5.74) is -0.588. The lowest BCUT2D eigenvalue weighted by molar-refractivity contribution is -0.187. The van der Waals surface area contributed by atoms with Crippen molar-refractivity contribution >= 4 is 52.8 Å². The van der Waals surface area contributed by atoms with Gasteiger partial charge in [0.05, 0.1) is 31.7 Å². The fourth-order valence-corrected chi connectivity index (χ4v) is 9.56. The van der Waals surface area contributed by atoms with Crippen LogP contribution in [0, 0.1) is 5.92 Å². The van der Waals surface area contributed by atoms with Crippen molar-refractivity contribution in [1.82, 2.24) is 4.90 Å². The van der Waals surface area contributed by atoms with Crippen LogP contribution in [0.1, 0.15) is 93.1 Å². The van der Waals surface area contributed by atoms with Crippen molar-refractivity contribution in [3.63, 3.8) is 0 Å². The number of anilines is 1. The summed E-state index contributed by atoms with van der Waals surface area (Å²) < 4.78 is 29.5. The second-order valence-corrected chi connectivity index (χ2v) is 19.3. The van der Waals surface area contributed by atoms with Gasteiger partial charge in [-0.05, 0) is 56.6 Å². The standard InChI is InChI=1S/C42H61ClN2O10S/c1-24(2)56-40(6,7)17-16-34(46)44(9)27(5)39(49)54-33-21-35(47)45(10)29-19-28(20-30(51-11)37(29)43)18-25(3)14-13-15-32(52-12)42(50)22-31(53-36(48)23-42)26(4)38-41(33,8)55-38/h13-15,19-20,24,26-27,31-33,38,50H,16-18,21-23H2,1-12H3/b15-13+,25-14+/t26-,27+,31+,32-,33+,38+,41+,42-/m1/s1. The van der Waals surface area contributed by atoms with E-state index in [0.29, 0.717) is 29.5 Å². The van der Waals surface area contributed by atoms with Crippen molar-refractivity contribution in [3.05, 3.63) is 46.5 Å². The Morgan fingerprint density at radius 2 is 1.88 bits per heavy atom. The number of carbonyl (C=O) groups excluding carboxylic acids is 4. The molecule has 3 aliphatic heterocycles. The smallest absolute Gasteiger partial charge is 0.328 e. The minimum Gasteiger partial charge on any atom is -0.495 e. The number of thioether (sulfide) groups is 1. The molecule has 4 rings (SSSR count). The summed E-state index contributed by atoms with van der Waals surface area (Å²) >= 11 is 8.59. The lowest BCUT2D eigenvalue weighted by atomic mass is 9.78. The first-order chi connectivity index (χ1) is 26.0. The predicted octanol–water partition coefficient (Wildman–Crippen LogP) is 6.46. The molecular weight excluding hydrogens is 760 g/mol. The molecule has 1 aromatic rings. The molecule has 2 amide bonds. The molecule has 0 spiro atoms. The number of esters is 2. The van der Waals surface area contributed by atoms with Crippen molar-refractivity contribution in [2.75, 3.05) is 33.2 Å². The topological polar surface area (TPSA) is 144 Å². The molecule has 0 saturated carbocycles. The van der Waals surface area contributed by atoms with E-state index >= 15 is 0 Å². The molecule has 3 aliphatic rings. The van der Waals surface area contributed by atoms with Gasteiger partial charge >= 0.3 is 11.9 Å². The highest BCUT2D eigenvalue weighted by Crippen LogP contribution is 2.50. The molecule has 312 valence electrons. The number of allylic oxidation sites excluding steroid dienone is 3. The second-order valence-electron chi connectivity index (χ2n) is 16.6. The van der Waals surface area contributed by atoms with E-state index in [4.69, 9.17) is 35.3 Å². The van der Waals surface area contributed by atoms with Crippen LogP contribution in [-0.4, -0.2) is 114 Å². The second kappa shape index (κ2) is 18.2. The molecule has 0 unspecified atom stereocenters. The average molecular weight is 821 g/mol. The van der Waals surface area contributed by atoms with E-state index in [-0.39, 0.29) is 41.4 Å². The summed E-state index contributed by atoms with van der Waals surface area (Å²) in [6.07, 6.45) is 2.90. The van der Waals surface area contributed by atoms with Gasteiger partial charge in [-0.2, -0.15) is 11.8 Å². The molecule has 1 N–H and O–H groups in total. The monoisotopic (exact) mass is 820 g/mol. The van der Waals surface area contributed by atoms with E-state index in [9.17, 15) is 24.3 Å². The zero-order valence-corrected chi connectivity index (χ0v) is 36.5. The van der Waals surface area contributed by atoms with Gasteiger partial charge in [0.2, 0.25) is 11.8 Å². The minimum atomic E-state index is -1.58. The third-order valence-corrected chi connectivity index (χ3v) is 13.0. The highest BCUT2D eigenvalue weighted by molar-refractivity contribution is 8.01. The van der Waals surface area contributed by atoms with Gasteiger partial charge in [0.25, 0.3) is 0 Å². The van der Waals surface area contributed by atoms with Gasteiger partial charge in [-0.25, -0.2) is 4.79 Å². The number of halogens is 1. The van der Waals surface area contributed by atoms with Crippen LogP contribution < -0.4 is 9.64 Å². The number of nitrogens with zero attached hydrogens (tertiary/aromatic N) is 2. The first-order valence-electron chi connectivity index (χ1n) is 19.3. The molecule has 4 bridgehead atoms. The van der Waals surface area contributed by atoms with Crippen LogP contribution in [0.4, 0.5) is 5.69 Å². The predicted molar refractivity (Wildman–Crippen MR) is 218 cm³/mol. The zero-order chi connectivity index (χ0) is 41.9. The Morgan fingerprint density at radius 1 is 1.20 bits per heavy atom. The van der Waals surface area contributed by atoms with E-state index in [1.54, 1.807) is 57.9 Å². The quantitative estimate of drug-likeness (QED) is 0.205. The molecule has 0 radical (unpaired) electrons. The van der Waals surface area contributed by atoms with Gasteiger partial charge in [-0.1, -0.05) is 70.0 Å². The average Bonchev–Trinajstić information content (AvgIpc) is 3.82. The minimum absolute atomic E-state index is 0.0636. The van der Waals surface area contributed by atoms with E-state index in [2.05, 4.69) is 27.7 Å². The van der Waals surface area contributed by atoms with E-state index in [1.807, 2.05) is 26.0 Å². The van der Waals surface area contributed by atoms with Crippen LogP contribution in [0.25, 0.3) is 0 Å². The first-order valence-corrected chi connectivity index (χ1v) is 20.5. The van der Waals surface area contributed by atoms with E-state index < -0.39 is 65.4 Å². The number of rotatable bonds is 10. The van der Waals surface area contributed by atoms with Crippen LogP contribution in [0.15, 0.2) is 35.9 Å².